The maximum atomic E-state index is 12.9. The van der Waals surface area contributed by atoms with Gasteiger partial charge in [0.25, 0.3) is 11.5 Å². The summed E-state index contributed by atoms with van der Waals surface area (Å²) in [6, 6.07) is 10.7. The average Bonchev–Trinajstić information content (AvgIpc) is 2.57. The molecule has 6 heteroatoms. The molecule has 5 nitrogen and oxygen atoms in total. The standard InChI is InChI=1S/C20H20ClN3O2/c1-4-24(20(26)14-8-12(2)7-13(3)9-14)11-18-22-17-10-15(21)5-6-16(17)19(25)23-18/h5-10H,4,11H2,1-3H3,(H,22,23,25). The minimum absolute atomic E-state index is 0.0897. The number of halogens is 1. The Morgan fingerprint density at radius 1 is 1.15 bits per heavy atom. The molecule has 0 aliphatic rings. The molecule has 0 saturated carbocycles. The highest BCUT2D eigenvalue weighted by Gasteiger charge is 2.17. The predicted octanol–water partition coefficient (Wildman–Crippen LogP) is 3.86. The highest BCUT2D eigenvalue weighted by atomic mass is 35.5. The molecule has 1 amide bonds. The molecular weight excluding hydrogens is 350 g/mol. The number of nitrogens with one attached hydrogen (secondary N) is 1. The van der Waals surface area contributed by atoms with Crippen LogP contribution in [0.15, 0.2) is 41.2 Å². The number of rotatable bonds is 4. The molecule has 134 valence electrons. The van der Waals surface area contributed by atoms with Crippen LogP contribution in [0.25, 0.3) is 10.9 Å². The lowest BCUT2D eigenvalue weighted by atomic mass is 10.1. The molecule has 0 spiro atoms. The van der Waals surface area contributed by atoms with Crippen LogP contribution in [0.1, 0.15) is 34.2 Å². The van der Waals surface area contributed by atoms with E-state index >= 15 is 0 Å². The Labute approximate surface area is 156 Å². The van der Waals surface area contributed by atoms with Gasteiger partial charge in [0.15, 0.2) is 0 Å². The summed E-state index contributed by atoms with van der Waals surface area (Å²) >= 11 is 6.00. The summed E-state index contributed by atoms with van der Waals surface area (Å²) in [6.45, 7) is 6.55. The smallest absolute Gasteiger partial charge is 0.258 e. The number of aromatic nitrogens is 2. The predicted molar refractivity (Wildman–Crippen MR) is 104 cm³/mol. The molecule has 0 unspecified atom stereocenters. The number of amides is 1. The topological polar surface area (TPSA) is 66.1 Å². The summed E-state index contributed by atoms with van der Waals surface area (Å²) in [4.78, 5) is 34.0. The summed E-state index contributed by atoms with van der Waals surface area (Å²) in [5, 5.41) is 0.988. The van der Waals surface area contributed by atoms with Gasteiger partial charge in [-0.25, -0.2) is 4.98 Å². The van der Waals surface area contributed by atoms with Gasteiger partial charge in [0.2, 0.25) is 0 Å². The molecular formula is C20H20ClN3O2. The third kappa shape index (κ3) is 3.78. The van der Waals surface area contributed by atoms with E-state index in [1.165, 1.54) is 0 Å². The van der Waals surface area contributed by atoms with E-state index in [1.54, 1.807) is 23.1 Å². The summed E-state index contributed by atoms with van der Waals surface area (Å²) < 4.78 is 0. The van der Waals surface area contributed by atoms with E-state index in [4.69, 9.17) is 11.6 Å². The first-order valence-electron chi connectivity index (χ1n) is 8.43. The Bertz CT molecular complexity index is 1020. The van der Waals surface area contributed by atoms with Gasteiger partial charge in [-0.3, -0.25) is 9.59 Å². The summed E-state index contributed by atoms with van der Waals surface area (Å²) in [7, 11) is 0. The number of nitrogens with zero attached hydrogens (tertiary/aromatic N) is 2. The minimum atomic E-state index is -0.239. The number of hydrogen-bond donors (Lipinski definition) is 1. The van der Waals surface area contributed by atoms with Crippen molar-refractivity contribution in [2.24, 2.45) is 0 Å². The van der Waals surface area contributed by atoms with Gasteiger partial charge in [0, 0.05) is 17.1 Å². The van der Waals surface area contributed by atoms with Crippen molar-refractivity contribution in [2.75, 3.05) is 6.54 Å². The highest BCUT2D eigenvalue weighted by molar-refractivity contribution is 6.31. The Balaban J connectivity index is 1.93. The lowest BCUT2D eigenvalue weighted by molar-refractivity contribution is 0.0748. The molecule has 0 bridgehead atoms. The lowest BCUT2D eigenvalue weighted by Crippen LogP contribution is -2.32. The van der Waals surface area contributed by atoms with Crippen LogP contribution in [0.3, 0.4) is 0 Å². The van der Waals surface area contributed by atoms with Crippen molar-refractivity contribution < 1.29 is 4.79 Å². The Morgan fingerprint density at radius 3 is 2.50 bits per heavy atom. The number of benzene rings is 2. The molecule has 0 aliphatic heterocycles. The van der Waals surface area contributed by atoms with Crippen LogP contribution >= 0.6 is 11.6 Å². The van der Waals surface area contributed by atoms with Crippen LogP contribution in [-0.4, -0.2) is 27.3 Å². The van der Waals surface area contributed by atoms with Crippen molar-refractivity contribution in [2.45, 2.75) is 27.3 Å². The van der Waals surface area contributed by atoms with Crippen LogP contribution in [0, 0.1) is 13.8 Å². The molecule has 0 saturated heterocycles. The molecule has 0 atom stereocenters. The Hall–Kier alpha value is -2.66. The average molecular weight is 370 g/mol. The molecule has 0 aliphatic carbocycles. The largest absolute Gasteiger partial charge is 0.331 e. The number of aromatic amines is 1. The van der Waals surface area contributed by atoms with E-state index in [2.05, 4.69) is 9.97 Å². The molecule has 26 heavy (non-hydrogen) atoms. The van der Waals surface area contributed by atoms with E-state index in [0.717, 1.165) is 11.1 Å². The first-order valence-corrected chi connectivity index (χ1v) is 8.81. The molecule has 1 heterocycles. The van der Waals surface area contributed by atoms with Crippen LogP contribution < -0.4 is 5.56 Å². The molecule has 1 N–H and O–H groups in total. The van der Waals surface area contributed by atoms with Crippen LogP contribution in [-0.2, 0) is 6.54 Å². The fraction of sp³-hybridized carbons (Fsp3) is 0.250. The van der Waals surface area contributed by atoms with Crippen molar-refractivity contribution in [3.8, 4) is 0 Å². The second kappa shape index (κ2) is 7.30. The lowest BCUT2D eigenvalue weighted by Gasteiger charge is -2.21. The van der Waals surface area contributed by atoms with Crippen LogP contribution in [0.4, 0.5) is 0 Å². The highest BCUT2D eigenvalue weighted by Crippen LogP contribution is 2.16. The van der Waals surface area contributed by atoms with Gasteiger partial charge in [-0.15, -0.1) is 0 Å². The molecule has 1 aromatic heterocycles. The minimum Gasteiger partial charge on any atom is -0.331 e. The SMILES string of the molecule is CCN(Cc1nc2cc(Cl)ccc2c(=O)[nH]1)C(=O)c1cc(C)cc(C)c1. The second-order valence-corrected chi connectivity index (χ2v) is 6.81. The second-order valence-electron chi connectivity index (χ2n) is 6.37. The normalized spacial score (nSPS) is 10.9. The first kappa shape index (κ1) is 18.1. The van der Waals surface area contributed by atoms with Gasteiger partial charge in [0.1, 0.15) is 5.82 Å². The van der Waals surface area contributed by atoms with Crippen molar-refractivity contribution in [1.29, 1.82) is 0 Å². The van der Waals surface area contributed by atoms with Gasteiger partial charge in [-0.2, -0.15) is 0 Å². The van der Waals surface area contributed by atoms with Gasteiger partial charge >= 0.3 is 0 Å². The zero-order valence-corrected chi connectivity index (χ0v) is 15.7. The summed E-state index contributed by atoms with van der Waals surface area (Å²) in [5.74, 6) is 0.345. The third-order valence-corrected chi connectivity index (χ3v) is 4.43. The fourth-order valence-electron chi connectivity index (χ4n) is 3.02. The van der Waals surface area contributed by atoms with Crippen molar-refractivity contribution in [3.05, 3.63) is 74.3 Å². The molecule has 3 rings (SSSR count). The third-order valence-electron chi connectivity index (χ3n) is 4.20. The molecule has 0 radical (unpaired) electrons. The zero-order chi connectivity index (χ0) is 18.8. The number of carbonyl (C=O) groups is 1. The maximum Gasteiger partial charge on any atom is 0.258 e. The van der Waals surface area contributed by atoms with E-state index in [1.807, 2.05) is 39.0 Å². The number of H-pyrrole nitrogens is 1. The van der Waals surface area contributed by atoms with E-state index in [-0.39, 0.29) is 18.0 Å². The number of hydrogen-bond acceptors (Lipinski definition) is 3. The quantitative estimate of drug-likeness (QED) is 0.759. The van der Waals surface area contributed by atoms with E-state index in [0.29, 0.717) is 33.9 Å². The van der Waals surface area contributed by atoms with E-state index < -0.39 is 0 Å². The van der Waals surface area contributed by atoms with Gasteiger partial charge in [-0.1, -0.05) is 28.8 Å². The maximum absolute atomic E-state index is 12.9. The van der Waals surface area contributed by atoms with Gasteiger partial charge in [0.05, 0.1) is 17.4 Å². The summed E-state index contributed by atoms with van der Waals surface area (Å²) in [5.41, 5.74) is 2.99. The summed E-state index contributed by atoms with van der Waals surface area (Å²) in [6.07, 6.45) is 0. The molecule has 3 aromatic rings. The van der Waals surface area contributed by atoms with Crippen molar-refractivity contribution >= 4 is 28.4 Å². The first-order chi connectivity index (χ1) is 12.4. The monoisotopic (exact) mass is 369 g/mol. The Kier molecular flexibility index (Phi) is 5.09. The number of fused-ring (bicyclic) bond motifs is 1. The fourth-order valence-corrected chi connectivity index (χ4v) is 3.19. The van der Waals surface area contributed by atoms with Crippen molar-refractivity contribution in [1.82, 2.24) is 14.9 Å². The Morgan fingerprint density at radius 2 is 1.85 bits per heavy atom. The number of aryl methyl sites for hydroxylation is 2. The number of carbonyl (C=O) groups excluding carboxylic acids is 1. The zero-order valence-electron chi connectivity index (χ0n) is 15.0. The van der Waals surface area contributed by atoms with Crippen LogP contribution in [0.5, 0.6) is 0 Å². The van der Waals surface area contributed by atoms with Gasteiger partial charge in [-0.05, 0) is 51.1 Å². The molecule has 0 fully saturated rings. The van der Waals surface area contributed by atoms with Crippen molar-refractivity contribution in [3.63, 3.8) is 0 Å². The van der Waals surface area contributed by atoms with Gasteiger partial charge < -0.3 is 9.88 Å². The van der Waals surface area contributed by atoms with E-state index in [9.17, 15) is 9.59 Å². The molecule has 2 aromatic carbocycles. The van der Waals surface area contributed by atoms with Crippen LogP contribution in [0.2, 0.25) is 5.02 Å².